The molecule has 84 valence electrons. The summed E-state index contributed by atoms with van der Waals surface area (Å²) in [7, 11) is 0. The predicted molar refractivity (Wildman–Crippen MR) is 55.0 cm³/mol. The summed E-state index contributed by atoms with van der Waals surface area (Å²) in [6, 6.07) is 1.29. The highest BCUT2D eigenvalue weighted by Crippen LogP contribution is 2.19. The van der Waals surface area contributed by atoms with Gasteiger partial charge < -0.3 is 10.3 Å². The lowest BCUT2D eigenvalue weighted by atomic mass is 10.2. The molecule has 0 aliphatic heterocycles. The lowest BCUT2D eigenvalue weighted by Crippen LogP contribution is -2.10. The molecule has 0 saturated carbocycles. The molecule has 0 amide bonds. The van der Waals surface area contributed by atoms with Crippen LogP contribution in [0.1, 0.15) is 18.7 Å². The molecule has 1 atom stereocenters. The maximum Gasteiger partial charge on any atom is 0.259 e. The molecule has 0 aliphatic carbocycles. The van der Waals surface area contributed by atoms with Gasteiger partial charge in [-0.05, 0) is 6.07 Å². The van der Waals surface area contributed by atoms with Gasteiger partial charge in [-0.1, -0.05) is 12.1 Å². The largest absolute Gasteiger partial charge is 0.334 e. The highest BCUT2D eigenvalue weighted by atomic mass is 19.1. The Labute approximate surface area is 91.5 Å². The monoisotopic (exact) mass is 222 g/mol. The van der Waals surface area contributed by atoms with Crippen LogP contribution in [0.2, 0.25) is 0 Å². The number of rotatable bonds is 3. The molecule has 16 heavy (non-hydrogen) atoms. The molecule has 0 spiro atoms. The zero-order chi connectivity index (χ0) is 11.5. The van der Waals surface area contributed by atoms with E-state index in [0.29, 0.717) is 17.9 Å². The Bertz CT molecular complexity index is 485. The molecule has 2 aromatic rings. The van der Waals surface area contributed by atoms with Crippen molar-refractivity contribution in [3.05, 3.63) is 30.1 Å². The normalized spacial score (nSPS) is 12.7. The first-order valence-electron chi connectivity index (χ1n) is 4.85. The molecule has 1 unspecified atom stereocenters. The molecule has 5 nitrogen and oxygen atoms in total. The van der Waals surface area contributed by atoms with Crippen LogP contribution in [0.5, 0.6) is 0 Å². The second kappa shape index (κ2) is 4.36. The highest BCUT2D eigenvalue weighted by Gasteiger charge is 2.14. The first-order chi connectivity index (χ1) is 7.70. The molecule has 0 saturated heterocycles. The van der Waals surface area contributed by atoms with Gasteiger partial charge in [0.25, 0.3) is 5.89 Å². The molecule has 0 fully saturated rings. The van der Waals surface area contributed by atoms with Crippen LogP contribution >= 0.6 is 0 Å². The molecule has 0 bridgehead atoms. The number of nitrogens with two attached hydrogens (primary N) is 1. The molecule has 0 radical (unpaired) electrons. The summed E-state index contributed by atoms with van der Waals surface area (Å²) in [5.74, 6) is 0.340. The SMILES string of the molecule is CC(CN)c1noc(-c2cncc(F)c2)n1. The van der Waals surface area contributed by atoms with Gasteiger partial charge in [-0.25, -0.2) is 4.39 Å². The van der Waals surface area contributed by atoms with Gasteiger partial charge in [-0.2, -0.15) is 4.98 Å². The molecule has 0 aliphatic rings. The lowest BCUT2D eigenvalue weighted by molar-refractivity contribution is 0.417. The second-order valence-electron chi connectivity index (χ2n) is 3.49. The molecule has 2 rings (SSSR count). The summed E-state index contributed by atoms with van der Waals surface area (Å²) in [5, 5.41) is 3.78. The van der Waals surface area contributed by atoms with Crippen molar-refractivity contribution in [1.82, 2.24) is 15.1 Å². The van der Waals surface area contributed by atoms with E-state index in [0.717, 1.165) is 6.20 Å². The third-order valence-corrected chi connectivity index (χ3v) is 2.19. The molecular formula is C10H11FN4O. The summed E-state index contributed by atoms with van der Waals surface area (Å²) in [6.45, 7) is 2.32. The summed E-state index contributed by atoms with van der Waals surface area (Å²) in [6.07, 6.45) is 2.58. The van der Waals surface area contributed by atoms with Gasteiger partial charge in [0.15, 0.2) is 5.82 Å². The third kappa shape index (κ3) is 2.06. The van der Waals surface area contributed by atoms with E-state index in [4.69, 9.17) is 10.3 Å². The van der Waals surface area contributed by atoms with Crippen LogP contribution < -0.4 is 5.73 Å². The number of aromatic nitrogens is 3. The molecule has 6 heteroatoms. The van der Waals surface area contributed by atoms with Crippen LogP contribution in [0.3, 0.4) is 0 Å². The van der Waals surface area contributed by atoms with Crippen LogP contribution in [0, 0.1) is 5.82 Å². The zero-order valence-electron chi connectivity index (χ0n) is 8.72. The summed E-state index contributed by atoms with van der Waals surface area (Å²) in [4.78, 5) is 7.84. The zero-order valence-corrected chi connectivity index (χ0v) is 8.72. The second-order valence-corrected chi connectivity index (χ2v) is 3.49. The summed E-state index contributed by atoms with van der Waals surface area (Å²) < 4.78 is 17.9. The highest BCUT2D eigenvalue weighted by molar-refractivity contribution is 5.50. The van der Waals surface area contributed by atoms with Gasteiger partial charge in [-0.3, -0.25) is 4.98 Å². The van der Waals surface area contributed by atoms with Gasteiger partial charge in [-0.15, -0.1) is 0 Å². The van der Waals surface area contributed by atoms with Gasteiger partial charge in [0, 0.05) is 18.7 Å². The maximum atomic E-state index is 12.9. The van der Waals surface area contributed by atoms with Crippen molar-refractivity contribution in [3.63, 3.8) is 0 Å². The van der Waals surface area contributed by atoms with Crippen molar-refractivity contribution in [1.29, 1.82) is 0 Å². The van der Waals surface area contributed by atoms with Crippen LogP contribution in [-0.2, 0) is 0 Å². The van der Waals surface area contributed by atoms with E-state index in [2.05, 4.69) is 15.1 Å². The maximum absolute atomic E-state index is 12.9. The molecule has 2 aromatic heterocycles. The number of hydrogen-bond donors (Lipinski definition) is 1. The summed E-state index contributed by atoms with van der Waals surface area (Å²) in [5.41, 5.74) is 5.94. The van der Waals surface area contributed by atoms with E-state index < -0.39 is 5.82 Å². The van der Waals surface area contributed by atoms with E-state index in [-0.39, 0.29) is 11.8 Å². The van der Waals surface area contributed by atoms with Crippen molar-refractivity contribution >= 4 is 0 Å². The van der Waals surface area contributed by atoms with Crippen molar-refractivity contribution in [2.45, 2.75) is 12.8 Å². The average Bonchev–Trinajstić information content (AvgIpc) is 2.77. The van der Waals surface area contributed by atoms with Crippen molar-refractivity contribution in [2.75, 3.05) is 6.54 Å². The number of hydrogen-bond acceptors (Lipinski definition) is 5. The minimum atomic E-state index is -0.441. The quantitative estimate of drug-likeness (QED) is 0.847. The number of halogens is 1. The smallest absolute Gasteiger partial charge is 0.259 e. The van der Waals surface area contributed by atoms with Crippen molar-refractivity contribution in [3.8, 4) is 11.5 Å². The Morgan fingerprint density at radius 3 is 3.00 bits per heavy atom. The van der Waals surface area contributed by atoms with Crippen LogP contribution in [0.4, 0.5) is 4.39 Å². The Hall–Kier alpha value is -1.82. The Kier molecular flexibility index (Phi) is 2.91. The molecule has 0 aromatic carbocycles. The third-order valence-electron chi connectivity index (χ3n) is 2.19. The summed E-state index contributed by atoms with van der Waals surface area (Å²) >= 11 is 0. The Morgan fingerprint density at radius 2 is 2.31 bits per heavy atom. The predicted octanol–water partition coefficient (Wildman–Crippen LogP) is 1.33. The Morgan fingerprint density at radius 1 is 1.50 bits per heavy atom. The number of nitrogens with zero attached hydrogens (tertiary/aromatic N) is 3. The van der Waals surface area contributed by atoms with Crippen LogP contribution in [0.15, 0.2) is 23.0 Å². The lowest BCUT2D eigenvalue weighted by Gasteiger charge is -1.98. The fourth-order valence-electron chi connectivity index (χ4n) is 1.19. The Balaban J connectivity index is 2.31. The minimum absolute atomic E-state index is 0.0130. The van der Waals surface area contributed by atoms with Gasteiger partial charge in [0.2, 0.25) is 0 Å². The van der Waals surface area contributed by atoms with E-state index in [1.54, 1.807) is 0 Å². The fourth-order valence-corrected chi connectivity index (χ4v) is 1.19. The first kappa shape index (κ1) is 10.7. The minimum Gasteiger partial charge on any atom is -0.334 e. The van der Waals surface area contributed by atoms with Crippen LogP contribution in [-0.4, -0.2) is 21.7 Å². The molecule has 2 N–H and O–H groups in total. The standard InChI is InChI=1S/C10H11FN4O/c1-6(3-12)9-14-10(16-15-9)7-2-8(11)5-13-4-7/h2,4-6H,3,12H2,1H3. The fraction of sp³-hybridized carbons (Fsp3) is 0.300. The van der Waals surface area contributed by atoms with E-state index >= 15 is 0 Å². The van der Waals surface area contributed by atoms with Crippen molar-refractivity contribution < 1.29 is 8.91 Å². The first-order valence-corrected chi connectivity index (χ1v) is 4.85. The topological polar surface area (TPSA) is 77.8 Å². The van der Waals surface area contributed by atoms with Gasteiger partial charge >= 0.3 is 0 Å². The number of pyridine rings is 1. The van der Waals surface area contributed by atoms with Crippen molar-refractivity contribution in [2.24, 2.45) is 5.73 Å². The average molecular weight is 222 g/mol. The van der Waals surface area contributed by atoms with E-state index in [9.17, 15) is 4.39 Å². The molecular weight excluding hydrogens is 211 g/mol. The van der Waals surface area contributed by atoms with E-state index in [1.165, 1.54) is 12.3 Å². The van der Waals surface area contributed by atoms with E-state index in [1.807, 2.05) is 6.92 Å². The van der Waals surface area contributed by atoms with Gasteiger partial charge in [0.05, 0.1) is 11.8 Å². The molecule has 2 heterocycles. The van der Waals surface area contributed by atoms with Gasteiger partial charge in [0.1, 0.15) is 5.82 Å². The van der Waals surface area contributed by atoms with Crippen LogP contribution in [0.25, 0.3) is 11.5 Å².